The molecule has 1 aliphatic carbocycles. The zero-order valence-electron chi connectivity index (χ0n) is 15.8. The van der Waals surface area contributed by atoms with E-state index in [1.165, 1.54) is 18.4 Å². The van der Waals surface area contributed by atoms with Gasteiger partial charge in [-0.3, -0.25) is 14.7 Å². The minimum Gasteiger partial charge on any atom is -0.336 e. The second-order valence-corrected chi connectivity index (χ2v) is 7.67. The number of piperazine rings is 1. The fourth-order valence-corrected chi connectivity index (χ4v) is 3.88. The molecule has 4 heteroatoms. The summed E-state index contributed by atoms with van der Waals surface area (Å²) in [5, 5.41) is 0. The van der Waals surface area contributed by atoms with E-state index in [2.05, 4.69) is 46.8 Å². The molecule has 27 heavy (non-hydrogen) atoms. The van der Waals surface area contributed by atoms with Crippen LogP contribution in [0.25, 0.3) is 11.1 Å². The summed E-state index contributed by atoms with van der Waals surface area (Å²) in [6.45, 7) is 7.29. The number of hydrogen-bond donors (Lipinski definition) is 0. The molecule has 0 unspecified atom stereocenters. The van der Waals surface area contributed by atoms with Crippen LogP contribution in [0.4, 0.5) is 0 Å². The van der Waals surface area contributed by atoms with Crippen LogP contribution in [-0.4, -0.2) is 52.9 Å². The monoisotopic (exact) mass is 361 g/mol. The van der Waals surface area contributed by atoms with Gasteiger partial charge in [-0.2, -0.15) is 0 Å². The SMILES string of the molecule is C=CCN1CCN(CC2CC2)[C@H](Cc2ccc(-c3cccnc3)cc2)C1=O. The van der Waals surface area contributed by atoms with E-state index in [0.717, 1.165) is 43.1 Å². The third-order valence-corrected chi connectivity index (χ3v) is 5.61. The lowest BCUT2D eigenvalue weighted by molar-refractivity contribution is -0.141. The lowest BCUT2D eigenvalue weighted by Gasteiger charge is -2.40. The lowest BCUT2D eigenvalue weighted by Crippen LogP contribution is -2.58. The molecule has 2 heterocycles. The summed E-state index contributed by atoms with van der Waals surface area (Å²) in [6, 6.07) is 12.5. The maximum atomic E-state index is 13.0. The highest BCUT2D eigenvalue weighted by molar-refractivity contribution is 5.83. The van der Waals surface area contributed by atoms with Crippen molar-refractivity contribution in [2.45, 2.75) is 25.3 Å². The van der Waals surface area contributed by atoms with Gasteiger partial charge in [-0.25, -0.2) is 0 Å². The molecule has 0 N–H and O–H groups in total. The maximum Gasteiger partial charge on any atom is 0.240 e. The zero-order chi connectivity index (χ0) is 18.6. The van der Waals surface area contributed by atoms with Gasteiger partial charge in [0.25, 0.3) is 0 Å². The molecule has 2 fully saturated rings. The Bertz CT molecular complexity index is 783. The standard InChI is InChI=1S/C23H27N3O/c1-2-12-25-13-14-26(17-19-5-6-19)22(23(25)27)15-18-7-9-20(10-8-18)21-4-3-11-24-16-21/h2-4,7-11,16,19,22H,1,5-6,12-15,17H2/t22-/m1/s1. The van der Waals surface area contributed by atoms with E-state index in [1.54, 1.807) is 6.20 Å². The number of benzene rings is 1. The Morgan fingerprint density at radius 2 is 1.93 bits per heavy atom. The fourth-order valence-electron chi connectivity index (χ4n) is 3.88. The molecule has 0 bridgehead atoms. The topological polar surface area (TPSA) is 36.4 Å². The Balaban J connectivity index is 1.50. The third-order valence-electron chi connectivity index (χ3n) is 5.61. The Hall–Kier alpha value is -2.46. The van der Waals surface area contributed by atoms with E-state index < -0.39 is 0 Å². The van der Waals surface area contributed by atoms with Gasteiger partial charge in [0.2, 0.25) is 5.91 Å². The Morgan fingerprint density at radius 3 is 2.59 bits per heavy atom. The second kappa shape index (κ2) is 8.05. The highest BCUT2D eigenvalue weighted by Crippen LogP contribution is 2.31. The molecule has 1 amide bonds. The number of rotatable bonds is 7. The molecule has 4 rings (SSSR count). The van der Waals surface area contributed by atoms with Crippen LogP contribution in [-0.2, 0) is 11.2 Å². The van der Waals surface area contributed by atoms with Crippen molar-refractivity contribution in [3.05, 3.63) is 67.0 Å². The van der Waals surface area contributed by atoms with E-state index in [0.29, 0.717) is 6.54 Å². The van der Waals surface area contributed by atoms with Crippen molar-refractivity contribution in [2.24, 2.45) is 5.92 Å². The number of hydrogen-bond acceptors (Lipinski definition) is 3. The van der Waals surface area contributed by atoms with Gasteiger partial charge in [-0.05, 0) is 47.9 Å². The molecule has 2 aromatic rings. The van der Waals surface area contributed by atoms with E-state index in [1.807, 2.05) is 23.2 Å². The van der Waals surface area contributed by atoms with Gasteiger partial charge in [-0.1, -0.05) is 36.4 Å². The number of carbonyl (C=O) groups excluding carboxylic acids is 1. The summed E-state index contributed by atoms with van der Waals surface area (Å²) in [4.78, 5) is 21.6. The first-order chi connectivity index (χ1) is 13.2. The van der Waals surface area contributed by atoms with Crippen molar-refractivity contribution >= 4 is 5.91 Å². The quantitative estimate of drug-likeness (QED) is 0.709. The summed E-state index contributed by atoms with van der Waals surface area (Å²) >= 11 is 0. The minimum atomic E-state index is -0.0523. The largest absolute Gasteiger partial charge is 0.336 e. The predicted molar refractivity (Wildman–Crippen MR) is 108 cm³/mol. The first-order valence-corrected chi connectivity index (χ1v) is 9.87. The highest BCUT2D eigenvalue weighted by Gasteiger charge is 2.37. The van der Waals surface area contributed by atoms with Crippen LogP contribution in [0.5, 0.6) is 0 Å². The van der Waals surface area contributed by atoms with Gasteiger partial charge < -0.3 is 4.90 Å². The van der Waals surface area contributed by atoms with Crippen molar-refractivity contribution in [3.8, 4) is 11.1 Å². The molecule has 4 nitrogen and oxygen atoms in total. The fraction of sp³-hybridized carbons (Fsp3) is 0.391. The lowest BCUT2D eigenvalue weighted by atomic mass is 9.98. The number of nitrogens with zero attached hydrogens (tertiary/aromatic N) is 3. The van der Waals surface area contributed by atoms with Gasteiger partial charge in [0.1, 0.15) is 0 Å². The van der Waals surface area contributed by atoms with Gasteiger partial charge in [0, 0.05) is 38.6 Å². The molecule has 0 radical (unpaired) electrons. The van der Waals surface area contributed by atoms with E-state index >= 15 is 0 Å². The van der Waals surface area contributed by atoms with Gasteiger partial charge >= 0.3 is 0 Å². The van der Waals surface area contributed by atoms with Crippen LogP contribution in [0.3, 0.4) is 0 Å². The summed E-state index contributed by atoms with van der Waals surface area (Å²) in [5.74, 6) is 1.04. The summed E-state index contributed by atoms with van der Waals surface area (Å²) in [7, 11) is 0. The number of amides is 1. The maximum absolute atomic E-state index is 13.0. The van der Waals surface area contributed by atoms with Gasteiger partial charge in [-0.15, -0.1) is 6.58 Å². The third kappa shape index (κ3) is 4.28. The van der Waals surface area contributed by atoms with E-state index in [-0.39, 0.29) is 11.9 Å². The smallest absolute Gasteiger partial charge is 0.240 e. The Labute approximate surface area is 161 Å². The number of pyridine rings is 1. The molecular formula is C23H27N3O. The molecule has 1 saturated heterocycles. The van der Waals surface area contributed by atoms with Gasteiger partial charge in [0.15, 0.2) is 0 Å². The molecule has 1 saturated carbocycles. The van der Waals surface area contributed by atoms with Crippen molar-refractivity contribution in [1.82, 2.24) is 14.8 Å². The van der Waals surface area contributed by atoms with Crippen molar-refractivity contribution in [1.29, 1.82) is 0 Å². The van der Waals surface area contributed by atoms with Crippen molar-refractivity contribution in [3.63, 3.8) is 0 Å². The second-order valence-electron chi connectivity index (χ2n) is 7.67. The van der Waals surface area contributed by atoms with Crippen LogP contribution in [0.15, 0.2) is 61.4 Å². The highest BCUT2D eigenvalue weighted by atomic mass is 16.2. The summed E-state index contributed by atoms with van der Waals surface area (Å²) < 4.78 is 0. The van der Waals surface area contributed by atoms with Crippen LogP contribution < -0.4 is 0 Å². The average molecular weight is 361 g/mol. The molecule has 1 atom stereocenters. The minimum absolute atomic E-state index is 0.0523. The molecule has 1 aliphatic heterocycles. The first kappa shape index (κ1) is 17.9. The molecule has 0 spiro atoms. The van der Waals surface area contributed by atoms with Crippen molar-refractivity contribution in [2.75, 3.05) is 26.2 Å². The zero-order valence-corrected chi connectivity index (χ0v) is 15.8. The Kier molecular flexibility index (Phi) is 5.35. The van der Waals surface area contributed by atoms with Crippen LogP contribution in [0.1, 0.15) is 18.4 Å². The number of carbonyl (C=O) groups is 1. The van der Waals surface area contributed by atoms with Crippen LogP contribution >= 0.6 is 0 Å². The van der Waals surface area contributed by atoms with Crippen molar-refractivity contribution < 1.29 is 4.79 Å². The number of aromatic nitrogens is 1. The summed E-state index contributed by atoms with van der Waals surface area (Å²) in [5.41, 5.74) is 3.48. The predicted octanol–water partition coefficient (Wildman–Crippen LogP) is 3.40. The molecule has 1 aromatic carbocycles. The molecule has 140 valence electrons. The normalized spacial score (nSPS) is 20.7. The summed E-state index contributed by atoms with van der Waals surface area (Å²) in [6.07, 6.45) is 8.89. The first-order valence-electron chi connectivity index (χ1n) is 9.87. The Morgan fingerprint density at radius 1 is 1.11 bits per heavy atom. The molecule has 1 aromatic heterocycles. The average Bonchev–Trinajstić information content (AvgIpc) is 3.52. The van der Waals surface area contributed by atoms with E-state index in [4.69, 9.17) is 0 Å². The van der Waals surface area contributed by atoms with Crippen LogP contribution in [0, 0.1) is 5.92 Å². The van der Waals surface area contributed by atoms with Crippen LogP contribution in [0.2, 0.25) is 0 Å². The van der Waals surface area contributed by atoms with Gasteiger partial charge in [0.05, 0.1) is 6.04 Å². The van der Waals surface area contributed by atoms with E-state index in [9.17, 15) is 4.79 Å². The molecule has 2 aliphatic rings. The molecular weight excluding hydrogens is 334 g/mol.